The fourth-order valence-corrected chi connectivity index (χ4v) is 2.85. The zero-order valence-electron chi connectivity index (χ0n) is 13.2. The standard InChI is InChI=1S/C17H29N3O/c1-19(16-8-3-2-4-9-16)11-7-10-18-14-17(21)15-20-12-5-6-13-20/h2-4,8-9,17-18,21H,5-7,10-15H2,1H3. The van der Waals surface area contributed by atoms with Crippen molar-refractivity contribution in [3.63, 3.8) is 0 Å². The highest BCUT2D eigenvalue weighted by Gasteiger charge is 2.15. The summed E-state index contributed by atoms with van der Waals surface area (Å²) in [6.07, 6.45) is 3.41. The smallest absolute Gasteiger partial charge is 0.0791 e. The molecule has 4 heteroatoms. The molecule has 0 saturated carbocycles. The van der Waals surface area contributed by atoms with Gasteiger partial charge in [0, 0.05) is 32.4 Å². The number of nitrogens with zero attached hydrogens (tertiary/aromatic N) is 2. The lowest BCUT2D eigenvalue weighted by Gasteiger charge is -2.21. The zero-order chi connectivity index (χ0) is 14.9. The number of hydrogen-bond acceptors (Lipinski definition) is 4. The second-order valence-electron chi connectivity index (χ2n) is 5.98. The highest BCUT2D eigenvalue weighted by atomic mass is 16.3. The molecule has 0 bridgehead atoms. The summed E-state index contributed by atoms with van der Waals surface area (Å²) < 4.78 is 0. The Morgan fingerprint density at radius 2 is 1.95 bits per heavy atom. The van der Waals surface area contributed by atoms with Gasteiger partial charge < -0.3 is 20.2 Å². The van der Waals surface area contributed by atoms with Crippen molar-refractivity contribution in [2.75, 3.05) is 51.2 Å². The number of rotatable bonds is 9. The van der Waals surface area contributed by atoms with Crippen LogP contribution in [0.2, 0.25) is 0 Å². The number of nitrogens with one attached hydrogen (secondary N) is 1. The van der Waals surface area contributed by atoms with Crippen LogP contribution in [-0.2, 0) is 0 Å². The molecule has 1 heterocycles. The van der Waals surface area contributed by atoms with Crippen LogP contribution in [0.5, 0.6) is 0 Å². The second kappa shape index (κ2) is 9.03. The van der Waals surface area contributed by atoms with Gasteiger partial charge >= 0.3 is 0 Å². The van der Waals surface area contributed by atoms with E-state index in [1.165, 1.54) is 18.5 Å². The maximum Gasteiger partial charge on any atom is 0.0791 e. The molecule has 21 heavy (non-hydrogen) atoms. The van der Waals surface area contributed by atoms with E-state index in [1.807, 2.05) is 6.07 Å². The Morgan fingerprint density at radius 1 is 1.24 bits per heavy atom. The normalized spacial score (nSPS) is 17.0. The molecule has 1 aromatic rings. The monoisotopic (exact) mass is 291 g/mol. The number of benzene rings is 1. The summed E-state index contributed by atoms with van der Waals surface area (Å²) >= 11 is 0. The van der Waals surface area contributed by atoms with Gasteiger partial charge in [0.1, 0.15) is 0 Å². The third-order valence-electron chi connectivity index (χ3n) is 4.09. The number of aliphatic hydroxyl groups excluding tert-OH is 1. The minimum absolute atomic E-state index is 0.241. The Kier molecular flexibility index (Phi) is 7.00. The molecule has 1 aliphatic rings. The SMILES string of the molecule is CN(CCCNCC(O)CN1CCCC1)c1ccccc1. The Bertz CT molecular complexity index is 379. The van der Waals surface area contributed by atoms with E-state index >= 15 is 0 Å². The molecule has 4 nitrogen and oxygen atoms in total. The first kappa shape index (κ1) is 16.3. The molecule has 118 valence electrons. The van der Waals surface area contributed by atoms with Gasteiger partial charge in [-0.25, -0.2) is 0 Å². The van der Waals surface area contributed by atoms with Gasteiger partial charge in [0.25, 0.3) is 0 Å². The fraction of sp³-hybridized carbons (Fsp3) is 0.647. The maximum absolute atomic E-state index is 9.98. The molecule has 1 atom stereocenters. The van der Waals surface area contributed by atoms with Crippen molar-refractivity contribution in [1.29, 1.82) is 0 Å². The molecule has 1 unspecified atom stereocenters. The molecule has 0 radical (unpaired) electrons. The molecule has 0 aliphatic carbocycles. The fourth-order valence-electron chi connectivity index (χ4n) is 2.85. The van der Waals surface area contributed by atoms with Gasteiger partial charge in [-0.05, 0) is 51.0 Å². The van der Waals surface area contributed by atoms with E-state index in [1.54, 1.807) is 0 Å². The molecule has 0 amide bonds. The molecule has 0 spiro atoms. The average Bonchev–Trinajstić information content (AvgIpc) is 3.00. The van der Waals surface area contributed by atoms with Crippen LogP contribution in [0.4, 0.5) is 5.69 Å². The third kappa shape index (κ3) is 6.04. The van der Waals surface area contributed by atoms with Crippen LogP contribution in [0.25, 0.3) is 0 Å². The van der Waals surface area contributed by atoms with Gasteiger partial charge in [0.15, 0.2) is 0 Å². The first-order valence-electron chi connectivity index (χ1n) is 8.13. The van der Waals surface area contributed by atoms with Gasteiger partial charge in [0.2, 0.25) is 0 Å². The molecule has 1 aromatic carbocycles. The highest BCUT2D eigenvalue weighted by molar-refractivity contribution is 5.44. The third-order valence-corrected chi connectivity index (χ3v) is 4.09. The predicted octanol–water partition coefficient (Wildman–Crippen LogP) is 1.56. The maximum atomic E-state index is 9.98. The van der Waals surface area contributed by atoms with Crippen LogP contribution in [0, 0.1) is 0 Å². The quantitative estimate of drug-likeness (QED) is 0.677. The largest absolute Gasteiger partial charge is 0.390 e. The molecule has 2 rings (SSSR count). The molecule has 1 saturated heterocycles. The number of anilines is 1. The first-order chi connectivity index (χ1) is 10.3. The first-order valence-corrected chi connectivity index (χ1v) is 8.13. The summed E-state index contributed by atoms with van der Waals surface area (Å²) in [5, 5.41) is 13.3. The summed E-state index contributed by atoms with van der Waals surface area (Å²) in [4.78, 5) is 4.62. The van der Waals surface area contributed by atoms with Crippen molar-refractivity contribution in [1.82, 2.24) is 10.2 Å². The molecular formula is C17H29N3O. The van der Waals surface area contributed by atoms with E-state index in [9.17, 15) is 5.11 Å². The minimum atomic E-state index is -0.241. The van der Waals surface area contributed by atoms with Crippen LogP contribution in [0.1, 0.15) is 19.3 Å². The topological polar surface area (TPSA) is 38.7 Å². The van der Waals surface area contributed by atoms with E-state index in [0.29, 0.717) is 6.54 Å². The summed E-state index contributed by atoms with van der Waals surface area (Å²) in [6.45, 7) is 5.80. The number of aliphatic hydroxyl groups is 1. The van der Waals surface area contributed by atoms with Crippen LogP contribution >= 0.6 is 0 Å². The lowest BCUT2D eigenvalue weighted by atomic mass is 10.3. The summed E-state index contributed by atoms with van der Waals surface area (Å²) in [7, 11) is 2.12. The van der Waals surface area contributed by atoms with Gasteiger partial charge in [-0.2, -0.15) is 0 Å². The van der Waals surface area contributed by atoms with Crippen LogP contribution in [0.15, 0.2) is 30.3 Å². The summed E-state index contributed by atoms with van der Waals surface area (Å²) in [5.74, 6) is 0. The summed E-state index contributed by atoms with van der Waals surface area (Å²) in [6, 6.07) is 10.4. The molecule has 1 aliphatic heterocycles. The van der Waals surface area contributed by atoms with Crippen molar-refractivity contribution in [3.05, 3.63) is 30.3 Å². The number of β-amino-alcohol motifs (C(OH)–C–C–N with tert-alkyl or cyclic N) is 1. The van der Waals surface area contributed by atoms with Crippen molar-refractivity contribution >= 4 is 5.69 Å². The van der Waals surface area contributed by atoms with Crippen LogP contribution in [0.3, 0.4) is 0 Å². The van der Waals surface area contributed by atoms with Crippen molar-refractivity contribution in [3.8, 4) is 0 Å². The molecular weight excluding hydrogens is 262 g/mol. The molecule has 0 aromatic heterocycles. The van der Waals surface area contributed by atoms with Gasteiger partial charge in [0.05, 0.1) is 6.10 Å². The molecule has 1 fully saturated rings. The minimum Gasteiger partial charge on any atom is -0.390 e. The van der Waals surface area contributed by atoms with Gasteiger partial charge in [-0.3, -0.25) is 0 Å². The number of hydrogen-bond donors (Lipinski definition) is 2. The van der Waals surface area contributed by atoms with E-state index < -0.39 is 0 Å². The second-order valence-corrected chi connectivity index (χ2v) is 5.98. The lowest BCUT2D eigenvalue weighted by molar-refractivity contribution is 0.123. The number of para-hydroxylation sites is 1. The average molecular weight is 291 g/mol. The predicted molar refractivity (Wildman–Crippen MR) is 88.9 cm³/mol. The van der Waals surface area contributed by atoms with Crippen LogP contribution < -0.4 is 10.2 Å². The Balaban J connectivity index is 1.51. The number of likely N-dealkylation sites (tertiary alicyclic amines) is 1. The van der Waals surface area contributed by atoms with Crippen molar-refractivity contribution in [2.24, 2.45) is 0 Å². The Hall–Kier alpha value is -1.10. The summed E-state index contributed by atoms with van der Waals surface area (Å²) in [5.41, 5.74) is 1.26. The van der Waals surface area contributed by atoms with Gasteiger partial charge in [-0.15, -0.1) is 0 Å². The Morgan fingerprint density at radius 3 is 2.67 bits per heavy atom. The van der Waals surface area contributed by atoms with Crippen molar-refractivity contribution in [2.45, 2.75) is 25.4 Å². The zero-order valence-corrected chi connectivity index (χ0v) is 13.2. The van der Waals surface area contributed by atoms with Crippen LogP contribution in [-0.4, -0.2) is 62.4 Å². The van der Waals surface area contributed by atoms with Crippen molar-refractivity contribution < 1.29 is 5.11 Å². The lowest BCUT2D eigenvalue weighted by Crippen LogP contribution is -2.37. The Labute approximate surface area is 128 Å². The highest BCUT2D eigenvalue weighted by Crippen LogP contribution is 2.10. The van der Waals surface area contributed by atoms with E-state index in [0.717, 1.165) is 39.1 Å². The van der Waals surface area contributed by atoms with E-state index in [4.69, 9.17) is 0 Å². The van der Waals surface area contributed by atoms with E-state index in [-0.39, 0.29) is 6.10 Å². The van der Waals surface area contributed by atoms with Gasteiger partial charge in [-0.1, -0.05) is 18.2 Å². The molecule has 2 N–H and O–H groups in total. The van der Waals surface area contributed by atoms with E-state index in [2.05, 4.69) is 46.4 Å².